The third-order valence-corrected chi connectivity index (χ3v) is 10.2. The molecule has 0 bridgehead atoms. The first-order chi connectivity index (χ1) is 15.2. The Morgan fingerprint density at radius 1 is 1.24 bits per heavy atom. The predicted molar refractivity (Wildman–Crippen MR) is 121 cm³/mol. The van der Waals surface area contributed by atoms with Gasteiger partial charge >= 0.3 is 0 Å². The van der Waals surface area contributed by atoms with E-state index < -0.39 is 52.0 Å². The molecule has 4 aliphatic carbocycles. The standard InChI is InChI=1S/C26H38FNO5/c1-15-10-19-18-7-6-16-11-17(30)8-9-22(16,4)25(18,27)20(31)12-23(19,5)26(15,32)24(13-29)28-21(2,3)14-33-24/h6,8-9,15,18-20,28-29,31-32H,7,10-14H2,1-5H3/t15-,18?,19?,20+,22+,23+,24?,25+,26-/m1/s1. The number of fused-ring (bicyclic) bond motifs is 5. The molecule has 0 spiro atoms. The molecule has 4 N–H and O–H groups in total. The van der Waals surface area contributed by atoms with E-state index in [9.17, 15) is 20.1 Å². The highest BCUT2D eigenvalue weighted by molar-refractivity contribution is 5.93. The molecule has 0 aromatic rings. The summed E-state index contributed by atoms with van der Waals surface area (Å²) in [5, 5.41) is 37.9. The third kappa shape index (κ3) is 2.58. The van der Waals surface area contributed by atoms with Crippen LogP contribution in [-0.2, 0) is 9.53 Å². The molecular formula is C26H38FNO5. The molecule has 1 aliphatic heterocycles. The van der Waals surface area contributed by atoms with Gasteiger partial charge in [-0.3, -0.25) is 10.1 Å². The molecule has 1 saturated heterocycles. The van der Waals surface area contributed by atoms with Crippen LogP contribution in [0.3, 0.4) is 0 Å². The molecule has 3 fully saturated rings. The fraction of sp³-hybridized carbons (Fsp3) is 0.808. The van der Waals surface area contributed by atoms with Gasteiger partial charge in [-0.25, -0.2) is 4.39 Å². The molecule has 3 unspecified atom stereocenters. The molecule has 7 heteroatoms. The average molecular weight is 464 g/mol. The lowest BCUT2D eigenvalue weighted by atomic mass is 9.45. The van der Waals surface area contributed by atoms with E-state index in [-0.39, 0.29) is 30.5 Å². The Kier molecular flexibility index (Phi) is 4.83. The van der Waals surface area contributed by atoms with Crippen LogP contribution in [0.15, 0.2) is 23.8 Å². The van der Waals surface area contributed by atoms with Gasteiger partial charge in [0, 0.05) is 28.7 Å². The van der Waals surface area contributed by atoms with E-state index in [1.807, 2.05) is 33.8 Å². The lowest BCUT2D eigenvalue weighted by Gasteiger charge is -2.63. The van der Waals surface area contributed by atoms with Crippen molar-refractivity contribution in [2.45, 2.75) is 88.9 Å². The molecule has 0 amide bonds. The Balaban J connectivity index is 1.62. The molecule has 2 saturated carbocycles. The molecule has 6 nitrogen and oxygen atoms in total. The predicted octanol–water partition coefficient (Wildman–Crippen LogP) is 2.42. The fourth-order valence-electron chi connectivity index (χ4n) is 8.65. The summed E-state index contributed by atoms with van der Waals surface area (Å²) in [5.74, 6) is -1.10. The minimum Gasteiger partial charge on any atom is -0.392 e. The van der Waals surface area contributed by atoms with Crippen LogP contribution >= 0.6 is 0 Å². The topological polar surface area (TPSA) is 99.0 Å². The largest absolute Gasteiger partial charge is 0.392 e. The monoisotopic (exact) mass is 463 g/mol. The van der Waals surface area contributed by atoms with Gasteiger partial charge < -0.3 is 20.1 Å². The Bertz CT molecular complexity index is 949. The van der Waals surface area contributed by atoms with E-state index in [1.54, 1.807) is 13.0 Å². The highest BCUT2D eigenvalue weighted by atomic mass is 19.1. The zero-order valence-corrected chi connectivity index (χ0v) is 20.3. The minimum absolute atomic E-state index is 0.0447. The number of carbonyl (C=O) groups excluding carboxylic acids is 1. The number of carbonyl (C=O) groups is 1. The van der Waals surface area contributed by atoms with Crippen LogP contribution < -0.4 is 5.32 Å². The number of hydrogen-bond acceptors (Lipinski definition) is 6. The summed E-state index contributed by atoms with van der Waals surface area (Å²) in [4.78, 5) is 12.0. The second-order valence-electron chi connectivity index (χ2n) is 12.4. The first-order valence-electron chi connectivity index (χ1n) is 12.3. The fourth-order valence-corrected chi connectivity index (χ4v) is 8.65. The number of allylic oxidation sites excluding steroid dienone is 4. The van der Waals surface area contributed by atoms with Crippen LogP contribution in [0.2, 0.25) is 0 Å². The first-order valence-corrected chi connectivity index (χ1v) is 12.3. The first kappa shape index (κ1) is 23.6. The molecule has 1 heterocycles. The van der Waals surface area contributed by atoms with Gasteiger partial charge in [-0.1, -0.05) is 31.6 Å². The van der Waals surface area contributed by atoms with Crippen molar-refractivity contribution in [1.82, 2.24) is 5.32 Å². The maximum absolute atomic E-state index is 17.3. The van der Waals surface area contributed by atoms with E-state index in [1.165, 1.54) is 6.08 Å². The number of ketones is 1. The summed E-state index contributed by atoms with van der Waals surface area (Å²) in [6, 6.07) is 0. The van der Waals surface area contributed by atoms with Crippen LogP contribution in [0.25, 0.3) is 0 Å². The zero-order chi connectivity index (χ0) is 24.2. The molecule has 0 aromatic heterocycles. The van der Waals surface area contributed by atoms with Gasteiger partial charge in [0.25, 0.3) is 0 Å². The molecule has 0 aromatic carbocycles. The van der Waals surface area contributed by atoms with E-state index in [0.29, 0.717) is 19.4 Å². The Hall–Kier alpha value is -1.12. The minimum atomic E-state index is -1.95. The van der Waals surface area contributed by atoms with Crippen molar-refractivity contribution in [2.24, 2.45) is 28.6 Å². The van der Waals surface area contributed by atoms with Gasteiger partial charge in [0.1, 0.15) is 5.60 Å². The molecule has 5 aliphatic rings. The maximum Gasteiger partial charge on any atom is 0.172 e. The van der Waals surface area contributed by atoms with Gasteiger partial charge in [0.2, 0.25) is 0 Å². The lowest BCUT2D eigenvalue weighted by Crippen LogP contribution is -2.75. The van der Waals surface area contributed by atoms with Crippen molar-refractivity contribution in [2.75, 3.05) is 13.2 Å². The van der Waals surface area contributed by atoms with Crippen LogP contribution in [0.1, 0.15) is 60.3 Å². The maximum atomic E-state index is 17.3. The Morgan fingerprint density at radius 2 is 1.94 bits per heavy atom. The number of aliphatic hydroxyl groups excluding tert-OH is 2. The molecule has 5 rings (SSSR count). The van der Waals surface area contributed by atoms with E-state index >= 15 is 4.39 Å². The highest BCUT2D eigenvalue weighted by Gasteiger charge is 2.78. The summed E-state index contributed by atoms with van der Waals surface area (Å²) in [5.41, 5.74) is -6.51. The third-order valence-electron chi connectivity index (χ3n) is 10.2. The lowest BCUT2D eigenvalue weighted by molar-refractivity contribution is -0.278. The van der Waals surface area contributed by atoms with Gasteiger partial charge in [-0.15, -0.1) is 0 Å². The van der Waals surface area contributed by atoms with Crippen molar-refractivity contribution in [1.29, 1.82) is 0 Å². The average Bonchev–Trinajstić information content (AvgIpc) is 3.17. The van der Waals surface area contributed by atoms with E-state index in [0.717, 1.165) is 5.57 Å². The van der Waals surface area contributed by atoms with Crippen molar-refractivity contribution < 1.29 is 29.2 Å². The normalized spacial score (nSPS) is 55.1. The molecule has 0 radical (unpaired) electrons. The second kappa shape index (κ2) is 6.76. The number of aliphatic hydroxyl groups is 3. The summed E-state index contributed by atoms with van der Waals surface area (Å²) >= 11 is 0. The molecule has 33 heavy (non-hydrogen) atoms. The smallest absolute Gasteiger partial charge is 0.172 e. The number of nitrogens with one attached hydrogen (secondary N) is 1. The van der Waals surface area contributed by atoms with Crippen molar-refractivity contribution in [3.8, 4) is 0 Å². The number of hydrogen-bond donors (Lipinski definition) is 4. The Labute approximate surface area is 195 Å². The summed E-state index contributed by atoms with van der Waals surface area (Å²) in [6.07, 6.45) is 4.95. The van der Waals surface area contributed by atoms with Gasteiger partial charge in [0.05, 0.1) is 19.3 Å². The van der Waals surface area contributed by atoms with Crippen LogP contribution in [-0.4, -0.2) is 63.0 Å². The zero-order valence-electron chi connectivity index (χ0n) is 20.3. The molecule has 9 atom stereocenters. The van der Waals surface area contributed by atoms with Gasteiger partial charge in [-0.05, 0) is 57.9 Å². The van der Waals surface area contributed by atoms with E-state index in [4.69, 9.17) is 4.74 Å². The van der Waals surface area contributed by atoms with Crippen molar-refractivity contribution >= 4 is 5.78 Å². The molecule has 184 valence electrons. The van der Waals surface area contributed by atoms with Crippen molar-refractivity contribution in [3.63, 3.8) is 0 Å². The summed E-state index contributed by atoms with van der Waals surface area (Å²) in [7, 11) is 0. The van der Waals surface area contributed by atoms with Crippen LogP contribution in [0.5, 0.6) is 0 Å². The molecular weight excluding hydrogens is 425 g/mol. The number of ether oxygens (including phenoxy) is 1. The Morgan fingerprint density at radius 3 is 2.55 bits per heavy atom. The summed E-state index contributed by atoms with van der Waals surface area (Å²) in [6.45, 7) is 9.48. The quantitative estimate of drug-likeness (QED) is 0.470. The van der Waals surface area contributed by atoms with Crippen LogP contribution in [0.4, 0.5) is 4.39 Å². The number of halogens is 1. The van der Waals surface area contributed by atoms with Gasteiger partial charge in [0.15, 0.2) is 17.2 Å². The van der Waals surface area contributed by atoms with Crippen molar-refractivity contribution in [3.05, 3.63) is 23.8 Å². The van der Waals surface area contributed by atoms with E-state index in [2.05, 4.69) is 5.32 Å². The highest BCUT2D eigenvalue weighted by Crippen LogP contribution is 2.71. The van der Waals surface area contributed by atoms with Gasteiger partial charge in [-0.2, -0.15) is 0 Å². The number of alkyl halides is 1. The second-order valence-corrected chi connectivity index (χ2v) is 12.4. The van der Waals surface area contributed by atoms with Crippen LogP contribution in [0, 0.1) is 28.6 Å². The number of rotatable bonds is 2. The SMILES string of the molecule is C[C@@H]1CC2C3CC=C4CC(=O)C=C[C@]4(C)[C@@]3(F)[C@@H](O)C[C@]2(C)[C@@]1(O)C1(CO)NC(C)(C)CO1. The summed E-state index contributed by atoms with van der Waals surface area (Å²) < 4.78 is 23.4.